The van der Waals surface area contributed by atoms with Crippen molar-refractivity contribution in [3.63, 3.8) is 0 Å². The molecule has 0 aliphatic heterocycles. The highest BCUT2D eigenvalue weighted by Gasteiger charge is 2.18. The largest absolute Gasteiger partial charge is 0.495 e. The predicted octanol–water partition coefficient (Wildman–Crippen LogP) is 4.24. The number of amides is 1. The summed E-state index contributed by atoms with van der Waals surface area (Å²) in [6, 6.07) is 12.9. The topological polar surface area (TPSA) is 75.2 Å². The summed E-state index contributed by atoms with van der Waals surface area (Å²) in [5, 5.41) is 0.861. The van der Waals surface area contributed by atoms with E-state index in [9.17, 15) is 4.79 Å². The number of aromatic nitrogens is 1. The molecule has 2 aromatic carbocycles. The van der Waals surface area contributed by atoms with Gasteiger partial charge in [0.05, 0.1) is 20.8 Å². The lowest BCUT2D eigenvalue weighted by molar-refractivity contribution is 0.0972. The Kier molecular flexibility index (Phi) is 5.87. The maximum absolute atomic E-state index is 12.9. The van der Waals surface area contributed by atoms with Crippen LogP contribution in [0.1, 0.15) is 17.5 Å². The highest BCUT2D eigenvalue weighted by Crippen LogP contribution is 2.35. The normalized spacial score (nSPS) is 12.0. The van der Waals surface area contributed by atoms with Gasteiger partial charge in [-0.2, -0.15) is 4.99 Å². The van der Waals surface area contributed by atoms with E-state index in [0.717, 1.165) is 15.6 Å². The molecule has 0 fully saturated rings. The van der Waals surface area contributed by atoms with Gasteiger partial charge < -0.3 is 23.2 Å². The Morgan fingerprint density at radius 2 is 1.90 bits per heavy atom. The van der Waals surface area contributed by atoms with Crippen molar-refractivity contribution >= 4 is 38.4 Å². The third-order valence-corrected chi connectivity index (χ3v) is 5.78. The van der Waals surface area contributed by atoms with Gasteiger partial charge in [-0.1, -0.05) is 29.5 Å². The molecule has 0 N–H and O–H groups in total. The van der Waals surface area contributed by atoms with E-state index in [1.165, 1.54) is 11.3 Å². The van der Waals surface area contributed by atoms with Crippen LogP contribution >= 0.6 is 11.3 Å². The molecule has 8 heteroatoms. The van der Waals surface area contributed by atoms with Crippen molar-refractivity contribution < 1.29 is 23.4 Å². The Balaban J connectivity index is 1.87. The zero-order chi connectivity index (χ0) is 21.1. The van der Waals surface area contributed by atoms with Gasteiger partial charge in [-0.05, 0) is 31.2 Å². The molecule has 2 aromatic heterocycles. The van der Waals surface area contributed by atoms with E-state index >= 15 is 0 Å². The van der Waals surface area contributed by atoms with Gasteiger partial charge in [0, 0.05) is 18.5 Å². The Morgan fingerprint density at radius 3 is 2.63 bits per heavy atom. The number of carbonyl (C=O) groups is 1. The fraction of sp³-hybridized carbons (Fsp3) is 0.273. The number of furan rings is 1. The molecule has 0 spiro atoms. The van der Waals surface area contributed by atoms with Gasteiger partial charge in [-0.15, -0.1) is 0 Å². The Hall–Kier alpha value is -3.10. The lowest BCUT2D eigenvalue weighted by Gasteiger charge is -2.10. The summed E-state index contributed by atoms with van der Waals surface area (Å²) in [4.78, 5) is 17.8. The molecule has 4 rings (SSSR count). The van der Waals surface area contributed by atoms with E-state index in [2.05, 4.69) is 4.99 Å². The van der Waals surface area contributed by atoms with Crippen LogP contribution in [0.15, 0.2) is 51.9 Å². The molecule has 0 saturated carbocycles. The molecule has 0 aliphatic carbocycles. The maximum Gasteiger partial charge on any atom is 0.315 e. The fourth-order valence-electron chi connectivity index (χ4n) is 3.28. The number of fused-ring (bicyclic) bond motifs is 2. The predicted molar refractivity (Wildman–Crippen MR) is 116 cm³/mol. The van der Waals surface area contributed by atoms with Gasteiger partial charge in [-0.25, -0.2) is 0 Å². The molecule has 0 radical (unpaired) electrons. The van der Waals surface area contributed by atoms with Crippen LogP contribution in [0.3, 0.4) is 0 Å². The van der Waals surface area contributed by atoms with Gasteiger partial charge in [0.1, 0.15) is 27.3 Å². The molecule has 0 aliphatic rings. The van der Waals surface area contributed by atoms with E-state index < -0.39 is 5.91 Å². The third-order valence-electron chi connectivity index (χ3n) is 4.69. The summed E-state index contributed by atoms with van der Waals surface area (Å²) in [6.45, 7) is 3.54. The van der Waals surface area contributed by atoms with Crippen molar-refractivity contribution in [1.82, 2.24) is 4.57 Å². The second kappa shape index (κ2) is 8.73. The first-order valence-corrected chi connectivity index (χ1v) is 10.4. The van der Waals surface area contributed by atoms with Crippen LogP contribution in [0.2, 0.25) is 0 Å². The van der Waals surface area contributed by atoms with Gasteiger partial charge in [0.15, 0.2) is 10.6 Å². The van der Waals surface area contributed by atoms with Crippen LogP contribution in [-0.2, 0) is 11.3 Å². The number of hydrogen-bond donors (Lipinski definition) is 0. The Bertz CT molecular complexity index is 1230. The molecule has 0 bridgehead atoms. The monoisotopic (exact) mass is 426 g/mol. The van der Waals surface area contributed by atoms with Crippen LogP contribution in [-0.4, -0.2) is 37.9 Å². The summed E-state index contributed by atoms with van der Waals surface area (Å²) in [7, 11) is 3.23. The van der Waals surface area contributed by atoms with Crippen molar-refractivity contribution in [2.75, 3.05) is 27.4 Å². The van der Waals surface area contributed by atoms with Crippen molar-refractivity contribution in [3.05, 3.63) is 53.0 Å². The summed E-state index contributed by atoms with van der Waals surface area (Å²) in [6.07, 6.45) is 0. The lowest BCUT2D eigenvalue weighted by Crippen LogP contribution is -2.20. The molecule has 0 unspecified atom stereocenters. The van der Waals surface area contributed by atoms with Crippen LogP contribution < -0.4 is 14.3 Å². The van der Waals surface area contributed by atoms with Crippen molar-refractivity contribution in [3.8, 4) is 11.5 Å². The maximum atomic E-state index is 12.9. The van der Waals surface area contributed by atoms with E-state index in [-0.39, 0.29) is 5.76 Å². The smallest absolute Gasteiger partial charge is 0.315 e. The first-order valence-electron chi connectivity index (χ1n) is 9.56. The van der Waals surface area contributed by atoms with E-state index in [0.29, 0.717) is 41.6 Å². The second-order valence-corrected chi connectivity index (χ2v) is 7.42. The number of para-hydroxylation sites is 1. The van der Waals surface area contributed by atoms with Gasteiger partial charge in [-0.3, -0.25) is 4.79 Å². The highest BCUT2D eigenvalue weighted by molar-refractivity contribution is 7.16. The molecule has 0 atom stereocenters. The number of thiazole rings is 1. The second-order valence-electron chi connectivity index (χ2n) is 6.45. The molecule has 1 amide bonds. The average Bonchev–Trinajstić information content (AvgIpc) is 3.35. The molecular weight excluding hydrogens is 404 g/mol. The van der Waals surface area contributed by atoms with Crippen molar-refractivity contribution in [2.45, 2.75) is 13.5 Å². The van der Waals surface area contributed by atoms with Crippen molar-refractivity contribution in [1.29, 1.82) is 0 Å². The molecule has 0 saturated heterocycles. The minimum absolute atomic E-state index is 0.198. The fourth-order valence-corrected chi connectivity index (χ4v) is 4.44. The molecule has 7 nitrogen and oxygen atoms in total. The SMILES string of the molecule is CCOCCn1c(=NC(=O)c2cc3ccccc3o2)sc2c(OC)ccc(OC)c21. The number of nitrogens with zero attached hydrogens (tertiary/aromatic N) is 2. The Morgan fingerprint density at radius 1 is 1.13 bits per heavy atom. The van der Waals surface area contributed by atoms with E-state index in [1.807, 2.05) is 47.9 Å². The number of hydrogen-bond acceptors (Lipinski definition) is 6. The summed E-state index contributed by atoms with van der Waals surface area (Å²) < 4.78 is 25.1. The minimum Gasteiger partial charge on any atom is -0.495 e. The number of methoxy groups -OCH3 is 2. The van der Waals surface area contributed by atoms with Gasteiger partial charge >= 0.3 is 5.91 Å². The van der Waals surface area contributed by atoms with E-state index in [1.54, 1.807) is 20.3 Å². The van der Waals surface area contributed by atoms with Gasteiger partial charge in [0.2, 0.25) is 0 Å². The molecular formula is C22H22N2O5S. The molecule has 2 heterocycles. The first-order chi connectivity index (χ1) is 14.7. The Labute approximate surface area is 177 Å². The van der Waals surface area contributed by atoms with Crippen molar-refractivity contribution in [2.24, 2.45) is 4.99 Å². The minimum atomic E-state index is -0.444. The number of benzene rings is 2. The summed E-state index contributed by atoms with van der Waals surface area (Å²) in [5.41, 5.74) is 1.47. The number of carbonyl (C=O) groups excluding carboxylic acids is 1. The highest BCUT2D eigenvalue weighted by atomic mass is 32.1. The number of rotatable bonds is 7. The molecule has 4 aromatic rings. The third kappa shape index (κ3) is 3.71. The van der Waals surface area contributed by atoms with Crippen LogP contribution in [0.5, 0.6) is 11.5 Å². The van der Waals surface area contributed by atoms with Crippen LogP contribution in [0, 0.1) is 0 Å². The molecule has 156 valence electrons. The summed E-state index contributed by atoms with van der Waals surface area (Å²) in [5.74, 6) is 1.12. The average molecular weight is 426 g/mol. The van der Waals surface area contributed by atoms with Gasteiger partial charge in [0.25, 0.3) is 0 Å². The van der Waals surface area contributed by atoms with E-state index in [4.69, 9.17) is 18.6 Å². The standard InChI is InChI=1S/C22H22N2O5S/c1-4-28-12-11-24-19-16(26-2)9-10-17(27-3)20(19)30-22(24)23-21(25)18-13-14-7-5-6-8-15(14)29-18/h5-10,13H,4,11-12H2,1-3H3. The zero-order valence-corrected chi connectivity index (χ0v) is 17.8. The first kappa shape index (κ1) is 20.2. The zero-order valence-electron chi connectivity index (χ0n) is 17.0. The summed E-state index contributed by atoms with van der Waals surface area (Å²) >= 11 is 1.37. The van der Waals surface area contributed by atoms with Crippen LogP contribution in [0.4, 0.5) is 0 Å². The van der Waals surface area contributed by atoms with Crippen LogP contribution in [0.25, 0.3) is 21.2 Å². The lowest BCUT2D eigenvalue weighted by atomic mass is 10.2. The quantitative estimate of drug-likeness (QED) is 0.413. The molecule has 30 heavy (non-hydrogen) atoms. The number of ether oxygens (including phenoxy) is 3.